The lowest BCUT2D eigenvalue weighted by Gasteiger charge is -2.40. The Morgan fingerprint density at radius 3 is 2.26 bits per heavy atom. The summed E-state index contributed by atoms with van der Waals surface area (Å²) in [5.41, 5.74) is 1.52. The third kappa shape index (κ3) is 8.28. The second kappa shape index (κ2) is 13.3. The third-order valence-electron chi connectivity index (χ3n) is 8.01. The van der Waals surface area contributed by atoms with Gasteiger partial charge in [-0.15, -0.1) is 0 Å². The van der Waals surface area contributed by atoms with Crippen LogP contribution in [0.1, 0.15) is 90.2 Å². The van der Waals surface area contributed by atoms with E-state index in [1.54, 1.807) is 16.1 Å². The van der Waals surface area contributed by atoms with E-state index in [9.17, 15) is 23.3 Å². The Labute approximate surface area is 234 Å². The molecule has 2 aliphatic rings. The smallest absolute Gasteiger partial charge is 0.410 e. The molecule has 2 saturated heterocycles. The number of carbonyl (C=O) groups excluding carboxylic acids is 2. The van der Waals surface area contributed by atoms with E-state index < -0.39 is 33.7 Å². The number of benzene rings is 1. The molecule has 0 aromatic heterocycles. The monoisotopic (exact) mass is 559 g/mol. The molecular formula is C30H45N3O5S. The zero-order chi connectivity index (χ0) is 28.8. The summed E-state index contributed by atoms with van der Waals surface area (Å²) in [5.74, 6) is -0.0357. The van der Waals surface area contributed by atoms with Gasteiger partial charge >= 0.3 is 6.09 Å². The van der Waals surface area contributed by atoms with Crippen LogP contribution in [-0.4, -0.2) is 66.5 Å². The van der Waals surface area contributed by atoms with Crippen LogP contribution in [0.5, 0.6) is 0 Å². The molecule has 0 unspecified atom stereocenters. The number of hydrogen-bond donors (Lipinski definition) is 0. The molecule has 1 amide bonds. The van der Waals surface area contributed by atoms with Gasteiger partial charge < -0.3 is 4.74 Å². The Hall–Kier alpha value is -2.44. The second-order valence-electron chi connectivity index (χ2n) is 11.9. The quantitative estimate of drug-likeness (QED) is 0.407. The van der Waals surface area contributed by atoms with Crippen molar-refractivity contribution in [3.8, 4) is 6.07 Å². The highest BCUT2D eigenvalue weighted by Crippen LogP contribution is 2.32. The number of nitrogens with zero attached hydrogens (tertiary/aromatic N) is 3. The molecule has 1 aromatic rings. The largest absolute Gasteiger partial charge is 0.444 e. The van der Waals surface area contributed by atoms with Crippen LogP contribution in [0.4, 0.5) is 4.79 Å². The molecule has 9 heteroatoms. The van der Waals surface area contributed by atoms with Crippen LogP contribution in [-0.2, 0) is 26.0 Å². The van der Waals surface area contributed by atoms with E-state index >= 15 is 0 Å². The van der Waals surface area contributed by atoms with Crippen molar-refractivity contribution in [2.24, 2.45) is 11.8 Å². The van der Waals surface area contributed by atoms with Crippen molar-refractivity contribution >= 4 is 21.9 Å². The van der Waals surface area contributed by atoms with Crippen LogP contribution in [0.3, 0.4) is 0 Å². The number of likely N-dealkylation sites (tertiary alicyclic amines) is 1. The molecule has 3 atom stereocenters. The van der Waals surface area contributed by atoms with Gasteiger partial charge in [-0.3, -0.25) is 9.69 Å². The fourth-order valence-corrected chi connectivity index (χ4v) is 6.98. The summed E-state index contributed by atoms with van der Waals surface area (Å²) in [4.78, 5) is 28.1. The van der Waals surface area contributed by atoms with Gasteiger partial charge in [0.25, 0.3) is 0 Å². The van der Waals surface area contributed by atoms with Crippen LogP contribution >= 0.6 is 0 Å². The highest BCUT2D eigenvalue weighted by atomic mass is 32.2. The van der Waals surface area contributed by atoms with Crippen LogP contribution in [0.15, 0.2) is 24.3 Å². The van der Waals surface area contributed by atoms with Gasteiger partial charge in [-0.25, -0.2) is 17.5 Å². The van der Waals surface area contributed by atoms with Gasteiger partial charge in [0, 0.05) is 26.1 Å². The summed E-state index contributed by atoms with van der Waals surface area (Å²) in [6, 6.07) is 9.93. The van der Waals surface area contributed by atoms with Gasteiger partial charge in [0.2, 0.25) is 10.0 Å². The zero-order valence-corrected chi connectivity index (χ0v) is 25.0. The minimum absolute atomic E-state index is 0.0654. The molecule has 0 spiro atoms. The lowest BCUT2D eigenvalue weighted by molar-refractivity contribution is -0.128. The van der Waals surface area contributed by atoms with Crippen LogP contribution in [0, 0.1) is 23.2 Å². The minimum Gasteiger partial charge on any atom is -0.444 e. The number of nitriles is 1. The van der Waals surface area contributed by atoms with Gasteiger partial charge in [-0.1, -0.05) is 37.6 Å². The number of ketones is 1. The molecule has 2 aliphatic heterocycles. The summed E-state index contributed by atoms with van der Waals surface area (Å²) in [7, 11) is -3.14. The molecule has 0 bridgehead atoms. The van der Waals surface area contributed by atoms with Crippen molar-refractivity contribution < 1.29 is 22.7 Å². The van der Waals surface area contributed by atoms with Gasteiger partial charge in [0.1, 0.15) is 5.60 Å². The lowest BCUT2D eigenvalue weighted by atomic mass is 9.81. The fourth-order valence-electron chi connectivity index (χ4n) is 5.85. The number of Topliss-reactive ketones (excluding diaryl/α,β-unsaturated/α-hetero) is 1. The van der Waals surface area contributed by atoms with E-state index in [0.29, 0.717) is 32.0 Å². The van der Waals surface area contributed by atoms with Gasteiger partial charge in [0.05, 0.1) is 23.8 Å². The summed E-state index contributed by atoms with van der Waals surface area (Å²) < 4.78 is 31.5. The maximum Gasteiger partial charge on any atom is 0.410 e. The summed E-state index contributed by atoms with van der Waals surface area (Å²) >= 11 is 0. The molecule has 0 radical (unpaired) electrons. The first-order valence-electron chi connectivity index (χ1n) is 14.4. The Morgan fingerprint density at radius 1 is 1.08 bits per heavy atom. The minimum atomic E-state index is -3.14. The van der Waals surface area contributed by atoms with Crippen molar-refractivity contribution in [1.82, 2.24) is 9.21 Å². The normalized spacial score (nSPS) is 22.2. The second-order valence-corrected chi connectivity index (χ2v) is 14.2. The first-order chi connectivity index (χ1) is 18.4. The molecule has 2 fully saturated rings. The van der Waals surface area contributed by atoms with Crippen molar-refractivity contribution in [2.75, 3.05) is 25.4 Å². The summed E-state index contributed by atoms with van der Waals surface area (Å²) in [5, 5.41) is 9.89. The molecule has 0 saturated carbocycles. The number of hydrogen-bond acceptors (Lipinski definition) is 6. The molecule has 0 N–H and O–H groups in total. The lowest BCUT2D eigenvalue weighted by Crippen LogP contribution is -2.54. The molecule has 216 valence electrons. The van der Waals surface area contributed by atoms with Gasteiger partial charge in [-0.2, -0.15) is 5.26 Å². The van der Waals surface area contributed by atoms with E-state index in [4.69, 9.17) is 4.74 Å². The van der Waals surface area contributed by atoms with E-state index in [2.05, 4.69) is 18.2 Å². The predicted molar refractivity (Wildman–Crippen MR) is 152 cm³/mol. The Balaban J connectivity index is 1.63. The molecule has 8 nitrogen and oxygen atoms in total. The Bertz CT molecular complexity index is 1130. The van der Waals surface area contributed by atoms with Crippen LogP contribution < -0.4 is 0 Å². The van der Waals surface area contributed by atoms with Crippen molar-refractivity contribution in [3.63, 3.8) is 0 Å². The maximum atomic E-state index is 13.5. The maximum absolute atomic E-state index is 13.5. The van der Waals surface area contributed by atoms with E-state index in [-0.39, 0.29) is 23.9 Å². The average Bonchev–Trinajstić information content (AvgIpc) is 2.91. The van der Waals surface area contributed by atoms with Crippen molar-refractivity contribution in [3.05, 3.63) is 35.4 Å². The summed E-state index contributed by atoms with van der Waals surface area (Å²) in [6.45, 7) is 10.8. The van der Waals surface area contributed by atoms with E-state index in [1.165, 1.54) is 5.56 Å². The predicted octanol–water partition coefficient (Wildman–Crippen LogP) is 5.28. The van der Waals surface area contributed by atoms with E-state index in [1.807, 2.05) is 39.8 Å². The average molecular weight is 560 g/mol. The first-order valence-corrected chi connectivity index (χ1v) is 16.0. The van der Waals surface area contributed by atoms with Gasteiger partial charge in [0.15, 0.2) is 5.78 Å². The molecule has 1 aromatic carbocycles. The SMILES string of the molecule is CC[C@@H]1CCCN(C(=O)OC(C)(C)C)[C@@H]1C(=O)C[C@H](C#N)Cc1ccc(C2CCN(S(=O)(=O)CC)CC2)cc1. The highest BCUT2D eigenvalue weighted by molar-refractivity contribution is 7.89. The van der Waals surface area contributed by atoms with Crippen LogP contribution in [0.2, 0.25) is 0 Å². The molecule has 3 rings (SSSR count). The first kappa shape index (κ1) is 31.1. The molecule has 0 aliphatic carbocycles. The molecule has 39 heavy (non-hydrogen) atoms. The number of ether oxygens (including phenoxy) is 1. The number of piperidine rings is 2. The summed E-state index contributed by atoms with van der Waals surface area (Å²) in [6.07, 6.45) is 4.20. The van der Waals surface area contributed by atoms with Crippen molar-refractivity contribution in [1.29, 1.82) is 5.26 Å². The molecule has 2 heterocycles. The zero-order valence-electron chi connectivity index (χ0n) is 24.2. The number of rotatable bonds is 9. The molecular weight excluding hydrogens is 514 g/mol. The topological polar surface area (TPSA) is 108 Å². The van der Waals surface area contributed by atoms with Crippen molar-refractivity contribution in [2.45, 2.75) is 97.1 Å². The number of carbonyl (C=O) groups is 2. The number of sulfonamides is 1. The Morgan fingerprint density at radius 2 is 1.72 bits per heavy atom. The standard InChI is InChI=1S/C30H45N3O5S/c1-6-24-9-8-16-33(29(35)38-30(3,4)5)28(24)27(34)20-23(21-31)19-22-10-12-25(13-11-22)26-14-17-32(18-15-26)39(36,37)7-2/h10-13,23-24,26,28H,6-9,14-20H2,1-5H3/t23-,24-,28+/m1/s1. The fraction of sp³-hybridized carbons (Fsp3) is 0.700. The highest BCUT2D eigenvalue weighted by Gasteiger charge is 2.40. The Kier molecular flexibility index (Phi) is 10.6. The van der Waals surface area contributed by atoms with E-state index in [0.717, 1.165) is 37.7 Å². The third-order valence-corrected chi connectivity index (χ3v) is 9.90. The van der Waals surface area contributed by atoms with Gasteiger partial charge in [-0.05, 0) is 82.8 Å². The number of amides is 1. The van der Waals surface area contributed by atoms with Crippen LogP contribution in [0.25, 0.3) is 0 Å².